The van der Waals surface area contributed by atoms with Gasteiger partial charge in [0, 0.05) is 6.04 Å². The molecule has 1 aromatic heterocycles. The summed E-state index contributed by atoms with van der Waals surface area (Å²) in [5.74, 6) is 0.208. The molecule has 0 aliphatic heterocycles. The molecule has 98 valence electrons. The maximum atomic E-state index is 10.9. The second-order valence-electron chi connectivity index (χ2n) is 5.21. The predicted molar refractivity (Wildman–Crippen MR) is 68.7 cm³/mol. The normalized spacial score (nSPS) is 21.8. The Morgan fingerprint density at radius 3 is 2.89 bits per heavy atom. The van der Waals surface area contributed by atoms with Crippen LogP contribution in [-0.2, 0) is 0 Å². The first-order valence-corrected chi connectivity index (χ1v) is 6.21. The van der Waals surface area contributed by atoms with Gasteiger partial charge in [0.25, 0.3) is 0 Å². The van der Waals surface area contributed by atoms with Gasteiger partial charge in [0.15, 0.2) is 0 Å². The van der Waals surface area contributed by atoms with Gasteiger partial charge < -0.3 is 5.32 Å². The van der Waals surface area contributed by atoms with Crippen molar-refractivity contribution >= 4 is 23.1 Å². The van der Waals surface area contributed by atoms with Crippen molar-refractivity contribution in [2.24, 2.45) is 5.41 Å². The van der Waals surface area contributed by atoms with Gasteiger partial charge in [-0.15, -0.1) is 0 Å². The molecule has 1 fully saturated rings. The maximum Gasteiger partial charge on any atom is 0.329 e. The van der Waals surface area contributed by atoms with Crippen molar-refractivity contribution in [3.05, 3.63) is 21.6 Å². The van der Waals surface area contributed by atoms with Crippen LogP contribution in [0.3, 0.4) is 0 Å². The molecule has 1 saturated carbocycles. The van der Waals surface area contributed by atoms with Crippen molar-refractivity contribution in [1.82, 2.24) is 9.97 Å². The zero-order valence-corrected chi connectivity index (χ0v) is 11.1. The fourth-order valence-electron chi connectivity index (χ4n) is 2.35. The van der Waals surface area contributed by atoms with Crippen LogP contribution in [0.25, 0.3) is 0 Å². The van der Waals surface area contributed by atoms with E-state index < -0.39 is 4.92 Å². The maximum absolute atomic E-state index is 10.9. The zero-order chi connectivity index (χ0) is 13.3. The molecule has 0 radical (unpaired) electrons. The van der Waals surface area contributed by atoms with Crippen molar-refractivity contribution in [2.75, 3.05) is 5.32 Å². The molecular weight excluding hydrogens is 256 g/mol. The van der Waals surface area contributed by atoms with Crippen LogP contribution < -0.4 is 5.32 Å². The third-order valence-electron chi connectivity index (χ3n) is 3.50. The molecule has 18 heavy (non-hydrogen) atoms. The Morgan fingerprint density at radius 2 is 2.33 bits per heavy atom. The topological polar surface area (TPSA) is 81.0 Å². The Kier molecular flexibility index (Phi) is 3.38. The van der Waals surface area contributed by atoms with E-state index in [1.165, 1.54) is 0 Å². The second-order valence-corrected chi connectivity index (χ2v) is 5.55. The summed E-state index contributed by atoms with van der Waals surface area (Å²) in [5, 5.41) is 14.1. The predicted octanol–water partition coefficient (Wildman–Crippen LogP) is 3.03. The van der Waals surface area contributed by atoms with E-state index in [1.807, 2.05) is 0 Å². The molecule has 1 unspecified atom stereocenters. The quantitative estimate of drug-likeness (QED) is 0.519. The van der Waals surface area contributed by atoms with Gasteiger partial charge in [-0.05, 0) is 29.9 Å². The molecule has 0 saturated heterocycles. The highest BCUT2D eigenvalue weighted by Crippen LogP contribution is 2.39. The molecule has 7 heteroatoms. The van der Waals surface area contributed by atoms with Gasteiger partial charge in [0.05, 0.1) is 4.92 Å². The summed E-state index contributed by atoms with van der Waals surface area (Å²) in [4.78, 5) is 18.0. The lowest BCUT2D eigenvalue weighted by atomic mass is 9.87. The van der Waals surface area contributed by atoms with E-state index in [1.54, 1.807) is 0 Å². The lowest BCUT2D eigenvalue weighted by molar-refractivity contribution is -0.384. The van der Waals surface area contributed by atoms with Crippen LogP contribution in [-0.4, -0.2) is 20.9 Å². The van der Waals surface area contributed by atoms with Gasteiger partial charge in [-0.25, -0.2) is 4.98 Å². The molecule has 1 aromatic rings. The number of rotatable bonds is 3. The largest absolute Gasteiger partial charge is 0.361 e. The van der Waals surface area contributed by atoms with Crippen LogP contribution in [0.5, 0.6) is 0 Å². The van der Waals surface area contributed by atoms with E-state index in [4.69, 9.17) is 11.6 Å². The molecule has 1 N–H and O–H groups in total. The van der Waals surface area contributed by atoms with Gasteiger partial charge in [0.1, 0.15) is 6.20 Å². The fraction of sp³-hybridized carbons (Fsp3) is 0.636. The number of nitrogens with zero attached hydrogens (tertiary/aromatic N) is 3. The highest BCUT2D eigenvalue weighted by molar-refractivity contribution is 6.28. The molecule has 1 heterocycles. The first kappa shape index (κ1) is 13.0. The van der Waals surface area contributed by atoms with Crippen molar-refractivity contribution < 1.29 is 4.92 Å². The van der Waals surface area contributed by atoms with Crippen LogP contribution in [0.15, 0.2) is 6.20 Å². The molecule has 0 spiro atoms. The number of hydrogen-bond acceptors (Lipinski definition) is 5. The Hall–Kier alpha value is -1.43. The van der Waals surface area contributed by atoms with Crippen molar-refractivity contribution in [3.63, 3.8) is 0 Å². The number of halogens is 1. The monoisotopic (exact) mass is 270 g/mol. The smallest absolute Gasteiger partial charge is 0.329 e. The summed E-state index contributed by atoms with van der Waals surface area (Å²) in [6, 6.07) is 0.169. The Morgan fingerprint density at radius 1 is 1.61 bits per heavy atom. The van der Waals surface area contributed by atoms with E-state index in [0.717, 1.165) is 25.5 Å². The first-order valence-electron chi connectivity index (χ1n) is 5.83. The van der Waals surface area contributed by atoms with Gasteiger partial charge >= 0.3 is 5.69 Å². The van der Waals surface area contributed by atoms with Gasteiger partial charge in [-0.1, -0.05) is 20.3 Å². The van der Waals surface area contributed by atoms with Crippen LogP contribution in [0.4, 0.5) is 11.5 Å². The SMILES string of the molecule is CC1(C)CCCC1Nc1nc(Cl)ncc1[N+](=O)[O-]. The summed E-state index contributed by atoms with van der Waals surface area (Å²) in [7, 11) is 0. The number of aromatic nitrogens is 2. The molecule has 1 atom stereocenters. The van der Waals surface area contributed by atoms with Gasteiger partial charge in [-0.3, -0.25) is 10.1 Å². The van der Waals surface area contributed by atoms with Crippen LogP contribution >= 0.6 is 11.6 Å². The summed E-state index contributed by atoms with van der Waals surface area (Å²) in [6.07, 6.45) is 4.32. The standard InChI is InChI=1S/C11H15ClN4O2/c1-11(2)5-3-4-8(11)14-9-7(16(17)18)6-13-10(12)15-9/h6,8H,3-5H2,1-2H3,(H,13,14,15). The summed E-state index contributed by atoms with van der Waals surface area (Å²) >= 11 is 5.69. The lowest BCUT2D eigenvalue weighted by Gasteiger charge is -2.27. The average molecular weight is 271 g/mol. The molecule has 6 nitrogen and oxygen atoms in total. The minimum absolute atomic E-state index is 0.0129. The summed E-state index contributed by atoms with van der Waals surface area (Å²) in [5.41, 5.74) is -0.0345. The molecule has 0 aromatic carbocycles. The fourth-order valence-corrected chi connectivity index (χ4v) is 2.49. The Labute approximate surface area is 110 Å². The molecule has 1 aliphatic carbocycles. The third kappa shape index (κ3) is 2.53. The molecule has 0 bridgehead atoms. The Balaban J connectivity index is 2.28. The summed E-state index contributed by atoms with van der Waals surface area (Å²) in [6.45, 7) is 4.29. The number of nitrogens with one attached hydrogen (secondary N) is 1. The second kappa shape index (κ2) is 4.68. The van der Waals surface area contributed by atoms with Gasteiger partial charge in [-0.2, -0.15) is 4.98 Å². The van der Waals surface area contributed by atoms with E-state index in [-0.39, 0.29) is 28.2 Å². The number of hydrogen-bond donors (Lipinski definition) is 1. The molecular formula is C11H15ClN4O2. The van der Waals surface area contributed by atoms with Crippen molar-refractivity contribution in [1.29, 1.82) is 0 Å². The molecule has 1 aliphatic rings. The van der Waals surface area contributed by atoms with E-state index in [0.29, 0.717) is 0 Å². The zero-order valence-electron chi connectivity index (χ0n) is 10.3. The van der Waals surface area contributed by atoms with Crippen molar-refractivity contribution in [2.45, 2.75) is 39.2 Å². The number of anilines is 1. The highest BCUT2D eigenvalue weighted by Gasteiger charge is 2.35. The lowest BCUT2D eigenvalue weighted by Crippen LogP contribution is -2.31. The van der Waals surface area contributed by atoms with Crippen LogP contribution in [0.2, 0.25) is 5.28 Å². The van der Waals surface area contributed by atoms with Gasteiger partial charge in [0.2, 0.25) is 11.1 Å². The van der Waals surface area contributed by atoms with Crippen LogP contribution in [0, 0.1) is 15.5 Å². The van der Waals surface area contributed by atoms with E-state index in [2.05, 4.69) is 29.1 Å². The molecule has 2 rings (SSSR count). The first-order chi connectivity index (χ1) is 8.40. The molecule has 0 amide bonds. The van der Waals surface area contributed by atoms with E-state index in [9.17, 15) is 10.1 Å². The van der Waals surface area contributed by atoms with Crippen molar-refractivity contribution in [3.8, 4) is 0 Å². The average Bonchev–Trinajstić information content (AvgIpc) is 2.58. The Bertz CT molecular complexity index is 478. The van der Waals surface area contributed by atoms with E-state index >= 15 is 0 Å². The minimum Gasteiger partial charge on any atom is -0.361 e. The highest BCUT2D eigenvalue weighted by atomic mass is 35.5. The number of nitro groups is 1. The van der Waals surface area contributed by atoms with Crippen LogP contribution in [0.1, 0.15) is 33.1 Å². The third-order valence-corrected chi connectivity index (χ3v) is 3.69. The minimum atomic E-state index is -0.499. The summed E-state index contributed by atoms with van der Waals surface area (Å²) < 4.78 is 0.